The predicted octanol–water partition coefficient (Wildman–Crippen LogP) is 2.72. The minimum Gasteiger partial charge on any atom is -0.460 e. The van der Waals surface area contributed by atoms with Gasteiger partial charge in [-0.2, -0.15) is 0 Å². The number of rotatable bonds is 5. The number of Topliss-reactive ketones (excluding diaryl/α,β-unsaturated/α-hetero) is 1. The summed E-state index contributed by atoms with van der Waals surface area (Å²) in [6.07, 6.45) is 0.0777. The molecule has 4 heteroatoms. The lowest BCUT2D eigenvalue weighted by Crippen LogP contribution is -2.22. The molecule has 1 aromatic rings. The van der Waals surface area contributed by atoms with Gasteiger partial charge in [0.25, 0.3) is 5.78 Å². The van der Waals surface area contributed by atoms with E-state index in [9.17, 15) is 14.0 Å². The van der Waals surface area contributed by atoms with Gasteiger partial charge >= 0.3 is 5.97 Å². The summed E-state index contributed by atoms with van der Waals surface area (Å²) >= 11 is 0. The van der Waals surface area contributed by atoms with Gasteiger partial charge in [-0.1, -0.05) is 24.3 Å². The number of alkyl halides is 1. The Morgan fingerprint density at radius 1 is 1.28 bits per heavy atom. The van der Waals surface area contributed by atoms with Crippen LogP contribution in [0.1, 0.15) is 36.7 Å². The Hall–Kier alpha value is -1.71. The molecule has 1 rings (SSSR count). The third-order valence-electron chi connectivity index (χ3n) is 2.33. The molecule has 0 saturated heterocycles. The van der Waals surface area contributed by atoms with E-state index in [4.69, 9.17) is 0 Å². The number of esters is 1. The summed E-state index contributed by atoms with van der Waals surface area (Å²) in [4.78, 5) is 23.2. The zero-order chi connectivity index (χ0) is 13.8. The van der Waals surface area contributed by atoms with E-state index in [0.717, 1.165) is 0 Å². The average molecular weight is 252 g/mol. The fraction of sp³-hybridized carbons (Fsp3) is 0.429. The summed E-state index contributed by atoms with van der Waals surface area (Å²) in [6.45, 7) is 4.63. The molecule has 0 heterocycles. The minimum atomic E-state index is -1.44. The minimum absolute atomic E-state index is 0.0777. The van der Waals surface area contributed by atoms with Crippen LogP contribution >= 0.6 is 0 Å². The second-order valence-electron chi connectivity index (χ2n) is 4.60. The summed E-state index contributed by atoms with van der Waals surface area (Å²) in [5.41, 5.74) is -0.713. The molecular weight excluding hydrogens is 235 g/mol. The van der Waals surface area contributed by atoms with Crippen molar-refractivity contribution in [2.24, 2.45) is 0 Å². The van der Waals surface area contributed by atoms with E-state index in [1.165, 1.54) is 19.9 Å². The lowest BCUT2D eigenvalue weighted by atomic mass is 9.94. The maximum Gasteiger partial charge on any atom is 0.379 e. The Morgan fingerprint density at radius 3 is 2.44 bits per heavy atom. The standard InChI is InChI=1S/C14H17FO3/c1-4-18-13(17)12(16)11-8-6-5-7-10(11)9-14(2,3)15/h5-8H,4,9H2,1-3H3. The van der Waals surface area contributed by atoms with E-state index in [1.54, 1.807) is 25.1 Å². The molecule has 0 aliphatic carbocycles. The predicted molar refractivity (Wildman–Crippen MR) is 66.3 cm³/mol. The third kappa shape index (κ3) is 3.95. The average Bonchev–Trinajstić information content (AvgIpc) is 2.27. The van der Waals surface area contributed by atoms with Gasteiger partial charge in [-0.3, -0.25) is 4.79 Å². The lowest BCUT2D eigenvalue weighted by molar-refractivity contribution is -0.137. The van der Waals surface area contributed by atoms with Crippen LogP contribution in [0.3, 0.4) is 0 Å². The van der Waals surface area contributed by atoms with Crippen LogP contribution in [0.2, 0.25) is 0 Å². The van der Waals surface area contributed by atoms with Crippen LogP contribution in [0.15, 0.2) is 24.3 Å². The number of ketones is 1. The molecule has 0 aliphatic heterocycles. The Balaban J connectivity index is 3.02. The van der Waals surface area contributed by atoms with Crippen LogP contribution in [0.25, 0.3) is 0 Å². The Morgan fingerprint density at radius 2 is 1.89 bits per heavy atom. The van der Waals surface area contributed by atoms with Gasteiger partial charge in [-0.15, -0.1) is 0 Å². The van der Waals surface area contributed by atoms with E-state index in [0.29, 0.717) is 5.56 Å². The molecule has 0 spiro atoms. The van der Waals surface area contributed by atoms with Crippen molar-refractivity contribution in [1.82, 2.24) is 0 Å². The van der Waals surface area contributed by atoms with Crippen LogP contribution in [-0.4, -0.2) is 24.0 Å². The second kappa shape index (κ2) is 5.76. The van der Waals surface area contributed by atoms with Gasteiger partial charge in [0.15, 0.2) is 0 Å². The molecule has 0 fully saturated rings. The lowest BCUT2D eigenvalue weighted by Gasteiger charge is -2.16. The normalized spacial score (nSPS) is 11.1. The van der Waals surface area contributed by atoms with Gasteiger partial charge in [-0.05, 0) is 26.3 Å². The number of benzene rings is 1. The first-order chi connectivity index (χ1) is 8.35. The topological polar surface area (TPSA) is 43.4 Å². The summed E-state index contributed by atoms with van der Waals surface area (Å²) in [7, 11) is 0. The van der Waals surface area contributed by atoms with E-state index in [-0.39, 0.29) is 18.6 Å². The zero-order valence-corrected chi connectivity index (χ0v) is 10.8. The number of halogens is 1. The van der Waals surface area contributed by atoms with Gasteiger partial charge in [0.2, 0.25) is 0 Å². The molecule has 18 heavy (non-hydrogen) atoms. The molecule has 0 N–H and O–H groups in total. The molecule has 0 atom stereocenters. The smallest absolute Gasteiger partial charge is 0.379 e. The maximum absolute atomic E-state index is 13.6. The Labute approximate surface area is 106 Å². The molecule has 0 saturated carbocycles. The molecule has 0 radical (unpaired) electrons. The highest BCUT2D eigenvalue weighted by Gasteiger charge is 2.24. The van der Waals surface area contributed by atoms with E-state index in [1.807, 2.05) is 0 Å². The largest absolute Gasteiger partial charge is 0.460 e. The van der Waals surface area contributed by atoms with Crippen molar-refractivity contribution >= 4 is 11.8 Å². The first kappa shape index (κ1) is 14.4. The van der Waals surface area contributed by atoms with Crippen LogP contribution in [0, 0.1) is 0 Å². The summed E-state index contributed by atoms with van der Waals surface area (Å²) in [5.74, 6) is -1.63. The molecule has 0 aliphatic rings. The van der Waals surface area contributed by atoms with Crippen molar-refractivity contribution < 1.29 is 18.7 Å². The SMILES string of the molecule is CCOC(=O)C(=O)c1ccccc1CC(C)(C)F. The quantitative estimate of drug-likeness (QED) is 0.460. The van der Waals surface area contributed by atoms with Crippen molar-refractivity contribution in [2.75, 3.05) is 6.61 Å². The maximum atomic E-state index is 13.6. The highest BCUT2D eigenvalue weighted by Crippen LogP contribution is 2.20. The van der Waals surface area contributed by atoms with Crippen molar-refractivity contribution in [3.63, 3.8) is 0 Å². The van der Waals surface area contributed by atoms with Gasteiger partial charge in [0, 0.05) is 12.0 Å². The van der Waals surface area contributed by atoms with Gasteiger partial charge in [0.05, 0.1) is 6.61 Å². The van der Waals surface area contributed by atoms with Crippen LogP contribution in [0.5, 0.6) is 0 Å². The van der Waals surface area contributed by atoms with Crippen molar-refractivity contribution in [3.05, 3.63) is 35.4 Å². The van der Waals surface area contributed by atoms with Crippen molar-refractivity contribution in [3.8, 4) is 0 Å². The zero-order valence-electron chi connectivity index (χ0n) is 10.8. The van der Waals surface area contributed by atoms with Crippen LogP contribution < -0.4 is 0 Å². The van der Waals surface area contributed by atoms with Crippen molar-refractivity contribution in [2.45, 2.75) is 32.9 Å². The molecule has 0 amide bonds. The number of ether oxygens (including phenoxy) is 1. The van der Waals surface area contributed by atoms with E-state index >= 15 is 0 Å². The number of carbonyl (C=O) groups is 2. The van der Waals surface area contributed by atoms with Crippen LogP contribution in [-0.2, 0) is 16.0 Å². The van der Waals surface area contributed by atoms with Gasteiger partial charge in [0.1, 0.15) is 5.67 Å². The van der Waals surface area contributed by atoms with Gasteiger partial charge < -0.3 is 4.74 Å². The molecule has 0 bridgehead atoms. The summed E-state index contributed by atoms with van der Waals surface area (Å²) in [6, 6.07) is 6.51. The third-order valence-corrected chi connectivity index (χ3v) is 2.33. The Kier molecular flexibility index (Phi) is 4.59. The molecule has 98 valence electrons. The number of hydrogen-bond donors (Lipinski definition) is 0. The number of carbonyl (C=O) groups excluding carboxylic acids is 2. The summed E-state index contributed by atoms with van der Waals surface area (Å²) in [5, 5.41) is 0. The molecule has 3 nitrogen and oxygen atoms in total. The highest BCUT2D eigenvalue weighted by molar-refractivity contribution is 6.41. The number of hydrogen-bond acceptors (Lipinski definition) is 3. The molecule has 0 unspecified atom stereocenters. The Bertz CT molecular complexity index is 447. The monoisotopic (exact) mass is 252 g/mol. The van der Waals surface area contributed by atoms with E-state index < -0.39 is 17.4 Å². The fourth-order valence-electron chi connectivity index (χ4n) is 1.66. The first-order valence-electron chi connectivity index (χ1n) is 5.83. The second-order valence-corrected chi connectivity index (χ2v) is 4.60. The fourth-order valence-corrected chi connectivity index (χ4v) is 1.66. The van der Waals surface area contributed by atoms with E-state index in [2.05, 4.69) is 4.74 Å². The van der Waals surface area contributed by atoms with Crippen molar-refractivity contribution in [1.29, 1.82) is 0 Å². The highest BCUT2D eigenvalue weighted by atomic mass is 19.1. The molecular formula is C14H17FO3. The van der Waals surface area contributed by atoms with Crippen LogP contribution in [0.4, 0.5) is 4.39 Å². The molecule has 0 aromatic heterocycles. The first-order valence-corrected chi connectivity index (χ1v) is 5.83. The molecule has 1 aromatic carbocycles. The summed E-state index contributed by atoms with van der Waals surface area (Å²) < 4.78 is 18.3. The van der Waals surface area contributed by atoms with Gasteiger partial charge in [-0.25, -0.2) is 9.18 Å².